The molecule has 0 saturated heterocycles. The molecular weight excluding hydrogens is 282 g/mol. The Balaban J connectivity index is 2.87. The van der Waals surface area contributed by atoms with E-state index in [2.05, 4.69) is 10.0 Å². The van der Waals surface area contributed by atoms with Crippen LogP contribution in [0.3, 0.4) is 0 Å². The van der Waals surface area contributed by atoms with Gasteiger partial charge in [0.25, 0.3) is 0 Å². The van der Waals surface area contributed by atoms with Crippen molar-refractivity contribution in [1.82, 2.24) is 4.72 Å². The smallest absolute Gasteiger partial charge is 0.337 e. The highest BCUT2D eigenvalue weighted by Gasteiger charge is 2.22. The van der Waals surface area contributed by atoms with Gasteiger partial charge in [0.2, 0.25) is 10.0 Å². The fourth-order valence-electron chi connectivity index (χ4n) is 1.75. The molecule has 112 valence electrons. The summed E-state index contributed by atoms with van der Waals surface area (Å²) in [5.74, 6) is -1.10. The van der Waals surface area contributed by atoms with Crippen LogP contribution >= 0.6 is 0 Å². The topological polar surface area (TPSA) is 122 Å². The Labute approximate surface area is 118 Å². The average Bonchev–Trinajstić information content (AvgIpc) is 2.23. The van der Waals surface area contributed by atoms with Crippen LogP contribution in [0.15, 0.2) is 18.2 Å². The number of hydrogen-bond acceptors (Lipinski definition) is 5. The highest BCUT2D eigenvalue weighted by atomic mass is 32.2. The van der Waals surface area contributed by atoms with Crippen LogP contribution < -0.4 is 15.8 Å². The van der Waals surface area contributed by atoms with Crippen LogP contribution in [-0.2, 0) is 10.0 Å². The summed E-state index contributed by atoms with van der Waals surface area (Å²) in [4.78, 5) is 11.1. The number of nitrogens with two attached hydrogens (primary N) is 1. The molecule has 0 aromatic heterocycles. The molecule has 0 spiro atoms. The van der Waals surface area contributed by atoms with Gasteiger partial charge in [-0.15, -0.1) is 0 Å². The molecule has 8 heteroatoms. The lowest BCUT2D eigenvalue weighted by Gasteiger charge is -2.26. The first kappa shape index (κ1) is 16.3. The monoisotopic (exact) mass is 301 g/mol. The minimum absolute atomic E-state index is 0.0418. The number of hydrogen-bond donors (Lipinski definition) is 4. The number of nitrogen functional groups attached to an aromatic ring is 1. The minimum Gasteiger partial charge on any atom is -0.478 e. The second-order valence-corrected chi connectivity index (χ2v) is 6.97. The molecule has 0 radical (unpaired) electrons. The Hall–Kier alpha value is -1.80. The van der Waals surface area contributed by atoms with E-state index >= 15 is 0 Å². The van der Waals surface area contributed by atoms with E-state index in [-0.39, 0.29) is 12.1 Å². The van der Waals surface area contributed by atoms with Gasteiger partial charge >= 0.3 is 5.97 Å². The van der Waals surface area contributed by atoms with Crippen LogP contribution in [0.5, 0.6) is 0 Å². The van der Waals surface area contributed by atoms with Crippen LogP contribution in [0.2, 0.25) is 0 Å². The Kier molecular flexibility index (Phi) is 4.61. The molecule has 20 heavy (non-hydrogen) atoms. The molecule has 1 aromatic rings. The summed E-state index contributed by atoms with van der Waals surface area (Å²) >= 11 is 0. The maximum atomic E-state index is 11.2. The van der Waals surface area contributed by atoms with Crippen LogP contribution in [0.1, 0.15) is 24.2 Å². The number of rotatable bonds is 6. The molecule has 0 atom stereocenters. The molecule has 0 aliphatic heterocycles. The quantitative estimate of drug-likeness (QED) is 0.574. The van der Waals surface area contributed by atoms with Crippen molar-refractivity contribution in [2.45, 2.75) is 19.4 Å². The molecule has 0 unspecified atom stereocenters. The van der Waals surface area contributed by atoms with Gasteiger partial charge in [0.15, 0.2) is 0 Å². The minimum atomic E-state index is -3.35. The molecule has 0 fully saturated rings. The number of aromatic carboxylic acids is 1. The van der Waals surface area contributed by atoms with Crippen LogP contribution in [0.25, 0.3) is 0 Å². The predicted molar refractivity (Wildman–Crippen MR) is 78.4 cm³/mol. The highest BCUT2D eigenvalue weighted by molar-refractivity contribution is 7.88. The Morgan fingerprint density at radius 2 is 2.00 bits per heavy atom. The predicted octanol–water partition coefficient (Wildman–Crippen LogP) is 0.707. The first-order valence-electron chi connectivity index (χ1n) is 5.86. The second-order valence-electron chi connectivity index (χ2n) is 5.22. The van der Waals surface area contributed by atoms with E-state index in [4.69, 9.17) is 10.8 Å². The number of carboxylic acid groups (broad SMARTS) is 1. The van der Waals surface area contributed by atoms with Crippen LogP contribution in [0, 0.1) is 0 Å². The average molecular weight is 301 g/mol. The second kappa shape index (κ2) is 5.68. The molecule has 0 bridgehead atoms. The molecular formula is C12H19N3O4S. The Morgan fingerprint density at radius 3 is 2.50 bits per heavy atom. The van der Waals surface area contributed by atoms with Crippen molar-refractivity contribution in [1.29, 1.82) is 0 Å². The standard InChI is InChI=1S/C12H19N3O4S/c1-12(2,15-20(3,18)19)7-14-10-5-4-8(13)6-9(10)11(16)17/h4-6,14-15H,7,13H2,1-3H3,(H,16,17). The molecule has 0 aliphatic carbocycles. The molecule has 0 amide bonds. The zero-order chi connectivity index (χ0) is 15.6. The van der Waals surface area contributed by atoms with E-state index in [0.29, 0.717) is 11.4 Å². The van der Waals surface area contributed by atoms with Crippen molar-refractivity contribution in [2.75, 3.05) is 23.9 Å². The fraction of sp³-hybridized carbons (Fsp3) is 0.417. The Bertz CT molecular complexity index is 611. The lowest BCUT2D eigenvalue weighted by atomic mass is 10.1. The van der Waals surface area contributed by atoms with E-state index in [1.165, 1.54) is 6.07 Å². The van der Waals surface area contributed by atoms with Gasteiger partial charge in [-0.2, -0.15) is 0 Å². The maximum absolute atomic E-state index is 11.2. The van der Waals surface area contributed by atoms with E-state index in [1.807, 2.05) is 0 Å². The van der Waals surface area contributed by atoms with Crippen molar-refractivity contribution in [3.63, 3.8) is 0 Å². The molecule has 5 N–H and O–H groups in total. The number of benzene rings is 1. The number of nitrogens with one attached hydrogen (secondary N) is 2. The summed E-state index contributed by atoms with van der Waals surface area (Å²) in [7, 11) is -3.35. The summed E-state index contributed by atoms with van der Waals surface area (Å²) in [5, 5.41) is 12.0. The summed E-state index contributed by atoms with van der Waals surface area (Å²) in [5.41, 5.74) is 5.56. The first-order valence-corrected chi connectivity index (χ1v) is 7.75. The maximum Gasteiger partial charge on any atom is 0.337 e. The van der Waals surface area contributed by atoms with Crippen molar-refractivity contribution in [3.05, 3.63) is 23.8 Å². The SMILES string of the molecule is CC(C)(CNc1ccc(N)cc1C(=O)O)NS(C)(=O)=O. The van der Waals surface area contributed by atoms with E-state index in [1.54, 1.807) is 26.0 Å². The molecule has 1 aromatic carbocycles. The molecule has 0 aliphatic rings. The Morgan fingerprint density at radius 1 is 1.40 bits per heavy atom. The number of carboxylic acids is 1. The van der Waals surface area contributed by atoms with E-state index in [0.717, 1.165) is 6.26 Å². The normalized spacial score (nSPS) is 12.2. The van der Waals surface area contributed by atoms with Crippen molar-refractivity contribution >= 4 is 27.4 Å². The van der Waals surface area contributed by atoms with Gasteiger partial charge in [-0.1, -0.05) is 0 Å². The van der Waals surface area contributed by atoms with Gasteiger partial charge in [0.1, 0.15) is 0 Å². The summed E-state index contributed by atoms with van der Waals surface area (Å²) in [6.07, 6.45) is 1.07. The summed E-state index contributed by atoms with van der Waals surface area (Å²) in [6.45, 7) is 3.61. The van der Waals surface area contributed by atoms with Crippen LogP contribution in [-0.4, -0.2) is 37.8 Å². The molecule has 0 heterocycles. The van der Waals surface area contributed by atoms with Crippen molar-refractivity contribution in [3.8, 4) is 0 Å². The lowest BCUT2D eigenvalue weighted by Crippen LogP contribution is -2.47. The third-order valence-electron chi connectivity index (χ3n) is 2.46. The zero-order valence-corrected chi connectivity index (χ0v) is 12.4. The fourth-order valence-corrected chi connectivity index (χ4v) is 2.82. The summed E-state index contributed by atoms with van der Waals surface area (Å²) in [6, 6.07) is 4.47. The van der Waals surface area contributed by atoms with Crippen molar-refractivity contribution < 1.29 is 18.3 Å². The van der Waals surface area contributed by atoms with Gasteiger partial charge in [-0.05, 0) is 32.0 Å². The first-order chi connectivity index (χ1) is 9.00. The summed E-state index contributed by atoms with van der Waals surface area (Å²) < 4.78 is 24.9. The van der Waals surface area contributed by atoms with E-state index < -0.39 is 21.5 Å². The molecule has 1 rings (SSSR count). The van der Waals surface area contributed by atoms with Gasteiger partial charge in [-0.25, -0.2) is 17.9 Å². The van der Waals surface area contributed by atoms with Gasteiger partial charge < -0.3 is 16.2 Å². The molecule has 0 saturated carbocycles. The lowest BCUT2D eigenvalue weighted by molar-refractivity contribution is 0.0698. The molecule has 7 nitrogen and oxygen atoms in total. The van der Waals surface area contributed by atoms with Gasteiger partial charge in [0.05, 0.1) is 11.8 Å². The van der Waals surface area contributed by atoms with Crippen molar-refractivity contribution in [2.24, 2.45) is 0 Å². The number of carbonyl (C=O) groups is 1. The number of sulfonamides is 1. The largest absolute Gasteiger partial charge is 0.478 e. The number of anilines is 2. The zero-order valence-electron chi connectivity index (χ0n) is 11.6. The highest BCUT2D eigenvalue weighted by Crippen LogP contribution is 2.20. The van der Waals surface area contributed by atoms with Gasteiger partial charge in [-0.3, -0.25) is 0 Å². The van der Waals surface area contributed by atoms with Gasteiger partial charge in [0, 0.05) is 23.5 Å². The van der Waals surface area contributed by atoms with E-state index in [9.17, 15) is 13.2 Å². The van der Waals surface area contributed by atoms with Crippen LogP contribution in [0.4, 0.5) is 11.4 Å². The third-order valence-corrected chi connectivity index (χ3v) is 3.38. The third kappa shape index (κ3) is 5.06.